The highest BCUT2D eigenvalue weighted by molar-refractivity contribution is 5.78. The van der Waals surface area contributed by atoms with Gasteiger partial charge in [-0.2, -0.15) is 5.10 Å². The van der Waals surface area contributed by atoms with Gasteiger partial charge in [0.25, 0.3) is 0 Å². The van der Waals surface area contributed by atoms with Gasteiger partial charge in [-0.05, 0) is 31.4 Å². The van der Waals surface area contributed by atoms with Gasteiger partial charge in [0.15, 0.2) is 11.6 Å². The van der Waals surface area contributed by atoms with E-state index < -0.39 is 0 Å². The molecule has 0 spiro atoms. The molecule has 6 nitrogen and oxygen atoms in total. The van der Waals surface area contributed by atoms with E-state index in [-0.39, 0.29) is 11.9 Å². The summed E-state index contributed by atoms with van der Waals surface area (Å²) in [5, 5.41) is 4.68. The van der Waals surface area contributed by atoms with E-state index in [2.05, 4.69) is 23.9 Å². The largest absolute Gasteiger partial charge is 0.333 e. The van der Waals surface area contributed by atoms with Crippen LogP contribution < -0.4 is 0 Å². The minimum atomic E-state index is -0.0772. The zero-order chi connectivity index (χ0) is 16.4. The van der Waals surface area contributed by atoms with Crippen molar-refractivity contribution in [3.8, 4) is 5.69 Å². The van der Waals surface area contributed by atoms with Crippen molar-refractivity contribution in [3.63, 3.8) is 0 Å². The molecule has 0 radical (unpaired) electrons. The fraction of sp³-hybridized carbons (Fsp3) is 0.529. The zero-order valence-electron chi connectivity index (χ0n) is 13.9. The van der Waals surface area contributed by atoms with Gasteiger partial charge in [-0.3, -0.25) is 9.78 Å². The van der Waals surface area contributed by atoms with E-state index in [4.69, 9.17) is 4.98 Å². The van der Waals surface area contributed by atoms with Crippen LogP contribution in [-0.2, 0) is 11.2 Å². The number of rotatable bonds is 5. The number of carbonyl (C=O) groups excluding carboxylic acids is 1. The van der Waals surface area contributed by atoms with E-state index in [1.165, 1.54) is 0 Å². The van der Waals surface area contributed by atoms with Crippen LogP contribution in [0, 0.1) is 5.92 Å². The smallest absolute Gasteiger partial charge is 0.223 e. The first-order valence-corrected chi connectivity index (χ1v) is 8.22. The second-order valence-electron chi connectivity index (χ2n) is 6.47. The van der Waals surface area contributed by atoms with Crippen molar-refractivity contribution in [1.29, 1.82) is 0 Å². The van der Waals surface area contributed by atoms with Crippen LogP contribution in [0.4, 0.5) is 0 Å². The van der Waals surface area contributed by atoms with Crippen LogP contribution in [0.3, 0.4) is 0 Å². The summed E-state index contributed by atoms with van der Waals surface area (Å²) in [6, 6.07) is 3.75. The molecule has 122 valence electrons. The van der Waals surface area contributed by atoms with E-state index >= 15 is 0 Å². The Morgan fingerprint density at radius 2 is 1.96 bits per heavy atom. The van der Waals surface area contributed by atoms with E-state index in [1.54, 1.807) is 12.4 Å². The number of hydrogen-bond donors (Lipinski definition) is 0. The Kier molecular flexibility index (Phi) is 4.41. The fourth-order valence-electron chi connectivity index (χ4n) is 2.98. The lowest BCUT2D eigenvalue weighted by Gasteiger charge is -2.23. The van der Waals surface area contributed by atoms with Crippen LogP contribution in [0.15, 0.2) is 24.5 Å². The number of nitrogens with zero attached hydrogens (tertiary/aromatic N) is 5. The number of amides is 1. The van der Waals surface area contributed by atoms with Gasteiger partial charge in [-0.25, -0.2) is 9.67 Å². The highest BCUT2D eigenvalue weighted by Crippen LogP contribution is 2.26. The molecule has 1 saturated heterocycles. The van der Waals surface area contributed by atoms with Gasteiger partial charge in [-0.15, -0.1) is 0 Å². The zero-order valence-corrected chi connectivity index (χ0v) is 13.9. The highest BCUT2D eigenvalue weighted by atomic mass is 16.2. The van der Waals surface area contributed by atoms with Crippen molar-refractivity contribution in [2.75, 3.05) is 6.54 Å². The lowest BCUT2D eigenvalue weighted by molar-refractivity contribution is -0.129. The van der Waals surface area contributed by atoms with Gasteiger partial charge >= 0.3 is 0 Å². The van der Waals surface area contributed by atoms with Crippen molar-refractivity contribution in [1.82, 2.24) is 24.6 Å². The van der Waals surface area contributed by atoms with E-state index in [0.717, 1.165) is 36.7 Å². The molecule has 1 atom stereocenters. The average molecular weight is 313 g/mol. The summed E-state index contributed by atoms with van der Waals surface area (Å²) >= 11 is 0. The van der Waals surface area contributed by atoms with Crippen LogP contribution in [-0.4, -0.2) is 37.1 Å². The van der Waals surface area contributed by atoms with Gasteiger partial charge in [0, 0.05) is 31.8 Å². The summed E-state index contributed by atoms with van der Waals surface area (Å²) in [4.78, 5) is 22.8. The van der Waals surface area contributed by atoms with Crippen molar-refractivity contribution >= 4 is 5.91 Å². The molecular weight excluding hydrogens is 290 g/mol. The maximum absolute atomic E-state index is 12.1. The molecule has 23 heavy (non-hydrogen) atoms. The molecule has 0 bridgehead atoms. The third-order valence-corrected chi connectivity index (χ3v) is 4.13. The maximum Gasteiger partial charge on any atom is 0.223 e. The number of pyridine rings is 1. The molecule has 2 aromatic rings. The van der Waals surface area contributed by atoms with Gasteiger partial charge in [0.05, 0.1) is 11.7 Å². The minimum absolute atomic E-state index is 0.0772. The first-order valence-electron chi connectivity index (χ1n) is 8.22. The Labute approximate surface area is 136 Å². The van der Waals surface area contributed by atoms with Crippen molar-refractivity contribution in [2.45, 2.75) is 46.1 Å². The number of carbonyl (C=O) groups is 1. The maximum atomic E-state index is 12.1. The molecule has 0 aromatic carbocycles. The first-order chi connectivity index (χ1) is 11.1. The molecule has 0 aliphatic carbocycles. The van der Waals surface area contributed by atoms with Gasteiger partial charge < -0.3 is 4.90 Å². The van der Waals surface area contributed by atoms with Crippen LogP contribution >= 0.6 is 0 Å². The minimum Gasteiger partial charge on any atom is -0.333 e. The Hall–Kier alpha value is -2.24. The Morgan fingerprint density at radius 3 is 2.57 bits per heavy atom. The summed E-state index contributed by atoms with van der Waals surface area (Å²) in [5.41, 5.74) is 0.927. The van der Waals surface area contributed by atoms with Gasteiger partial charge in [-0.1, -0.05) is 13.8 Å². The molecule has 1 aliphatic heterocycles. The number of likely N-dealkylation sites (tertiary alicyclic amines) is 1. The van der Waals surface area contributed by atoms with E-state index in [1.807, 2.05) is 28.6 Å². The third-order valence-electron chi connectivity index (χ3n) is 4.13. The first kappa shape index (κ1) is 15.6. The second-order valence-corrected chi connectivity index (χ2v) is 6.47. The Morgan fingerprint density at radius 1 is 1.22 bits per heavy atom. The standard InChI is InChI=1S/C17H23N5O/c1-12(2)11-15-19-17(13(3)21-10-4-5-16(21)23)22(20-15)14-6-8-18-9-7-14/h6-9,12-13H,4-5,10-11H2,1-3H3. The SMILES string of the molecule is CC(C)Cc1nc(C(C)N2CCCC2=O)n(-c2ccncc2)n1. The Balaban J connectivity index is 1.99. The highest BCUT2D eigenvalue weighted by Gasteiger charge is 2.30. The molecule has 0 N–H and O–H groups in total. The number of hydrogen-bond acceptors (Lipinski definition) is 4. The normalized spacial score (nSPS) is 16.3. The quantitative estimate of drug-likeness (QED) is 0.851. The molecule has 1 fully saturated rings. The molecule has 3 rings (SSSR count). The molecule has 1 unspecified atom stereocenters. The average Bonchev–Trinajstić information content (AvgIpc) is 3.13. The molecule has 6 heteroatoms. The Bertz CT molecular complexity index is 680. The lowest BCUT2D eigenvalue weighted by Crippen LogP contribution is -2.29. The second kappa shape index (κ2) is 6.48. The summed E-state index contributed by atoms with van der Waals surface area (Å²) < 4.78 is 1.86. The van der Waals surface area contributed by atoms with Gasteiger partial charge in [0.1, 0.15) is 0 Å². The summed E-state index contributed by atoms with van der Waals surface area (Å²) in [6.07, 6.45) is 5.87. The number of aromatic nitrogens is 4. The van der Waals surface area contributed by atoms with Crippen molar-refractivity contribution < 1.29 is 4.79 Å². The van der Waals surface area contributed by atoms with E-state index in [9.17, 15) is 4.79 Å². The predicted molar refractivity (Wildman–Crippen MR) is 87.1 cm³/mol. The predicted octanol–water partition coefficient (Wildman–Crippen LogP) is 2.54. The molecule has 0 saturated carbocycles. The molecule has 1 aliphatic rings. The molecular formula is C17H23N5O. The van der Waals surface area contributed by atoms with Gasteiger partial charge in [0.2, 0.25) is 5.91 Å². The van der Waals surface area contributed by atoms with E-state index in [0.29, 0.717) is 12.3 Å². The van der Waals surface area contributed by atoms with Crippen LogP contribution in [0.5, 0.6) is 0 Å². The van der Waals surface area contributed by atoms with Crippen molar-refractivity contribution in [3.05, 3.63) is 36.2 Å². The molecule has 1 amide bonds. The molecule has 3 heterocycles. The summed E-state index contributed by atoms with van der Waals surface area (Å²) in [7, 11) is 0. The lowest BCUT2D eigenvalue weighted by atomic mass is 10.1. The summed E-state index contributed by atoms with van der Waals surface area (Å²) in [5.74, 6) is 2.33. The fourth-order valence-corrected chi connectivity index (χ4v) is 2.98. The van der Waals surface area contributed by atoms with Crippen LogP contribution in [0.2, 0.25) is 0 Å². The monoisotopic (exact) mass is 313 g/mol. The topological polar surface area (TPSA) is 63.9 Å². The molecule has 2 aromatic heterocycles. The van der Waals surface area contributed by atoms with Crippen LogP contribution in [0.25, 0.3) is 5.69 Å². The third kappa shape index (κ3) is 3.25. The van der Waals surface area contributed by atoms with Crippen molar-refractivity contribution in [2.24, 2.45) is 5.92 Å². The van der Waals surface area contributed by atoms with Crippen LogP contribution in [0.1, 0.15) is 51.3 Å². The summed E-state index contributed by atoms with van der Waals surface area (Å²) in [6.45, 7) is 7.13.